The van der Waals surface area contributed by atoms with E-state index in [9.17, 15) is 4.79 Å². The number of aliphatic carboxylic acids is 1. The third kappa shape index (κ3) is 3.21. The Morgan fingerprint density at radius 2 is 1.94 bits per heavy atom. The van der Waals surface area contributed by atoms with Gasteiger partial charge in [0.25, 0.3) is 0 Å². The molecule has 1 atom stereocenters. The number of benzene rings is 1. The second-order valence-corrected chi connectivity index (χ2v) is 4.41. The van der Waals surface area contributed by atoms with Gasteiger partial charge in [-0.3, -0.25) is 4.79 Å². The van der Waals surface area contributed by atoms with Gasteiger partial charge in [-0.25, -0.2) is 0 Å². The molecule has 1 aromatic rings. The lowest BCUT2D eigenvalue weighted by Gasteiger charge is -2.29. The van der Waals surface area contributed by atoms with Crippen LogP contribution in [0.15, 0.2) is 24.3 Å². The maximum Gasteiger partial charge on any atom is 0.320 e. The van der Waals surface area contributed by atoms with Crippen molar-refractivity contribution in [3.63, 3.8) is 0 Å². The Morgan fingerprint density at radius 3 is 2.50 bits per heavy atom. The molecule has 5 heteroatoms. The minimum absolute atomic E-state index is 0.360. The molecule has 5 nitrogen and oxygen atoms in total. The summed E-state index contributed by atoms with van der Waals surface area (Å²) in [6, 6.07) is 7.06. The highest BCUT2D eigenvalue weighted by molar-refractivity contribution is 5.73. The van der Waals surface area contributed by atoms with E-state index in [4.69, 9.17) is 15.6 Å². The van der Waals surface area contributed by atoms with Crippen molar-refractivity contribution in [3.05, 3.63) is 29.8 Å². The highest BCUT2D eigenvalue weighted by atomic mass is 16.5. The summed E-state index contributed by atoms with van der Waals surface area (Å²) in [5.74, 6) is -0.966. The van der Waals surface area contributed by atoms with Crippen molar-refractivity contribution in [3.8, 4) is 0 Å². The van der Waals surface area contributed by atoms with Crippen molar-refractivity contribution >= 4 is 11.7 Å². The van der Waals surface area contributed by atoms with Gasteiger partial charge in [0.1, 0.15) is 6.04 Å². The van der Waals surface area contributed by atoms with Gasteiger partial charge in [-0.1, -0.05) is 12.1 Å². The lowest BCUT2D eigenvalue weighted by atomic mass is 10.1. The first kappa shape index (κ1) is 12.9. The number of carboxylic acid groups (broad SMARTS) is 1. The predicted octanol–water partition coefficient (Wildman–Crippen LogP) is 0.478. The van der Waals surface area contributed by atoms with Crippen molar-refractivity contribution < 1.29 is 14.6 Å². The molecular weight excluding hydrogens is 232 g/mol. The zero-order valence-electron chi connectivity index (χ0n) is 10.2. The lowest BCUT2D eigenvalue weighted by molar-refractivity contribution is -0.138. The zero-order valence-corrected chi connectivity index (χ0v) is 10.2. The first-order chi connectivity index (χ1) is 8.66. The van der Waals surface area contributed by atoms with Gasteiger partial charge in [-0.05, 0) is 24.1 Å². The number of carbonyl (C=O) groups is 1. The predicted molar refractivity (Wildman–Crippen MR) is 68.8 cm³/mol. The monoisotopic (exact) mass is 250 g/mol. The molecule has 1 heterocycles. The number of carboxylic acids is 1. The second-order valence-electron chi connectivity index (χ2n) is 4.41. The molecule has 0 saturated carbocycles. The Hall–Kier alpha value is -1.59. The number of hydrogen-bond acceptors (Lipinski definition) is 4. The van der Waals surface area contributed by atoms with Crippen LogP contribution < -0.4 is 10.6 Å². The summed E-state index contributed by atoms with van der Waals surface area (Å²) >= 11 is 0. The fourth-order valence-electron chi connectivity index (χ4n) is 2.01. The van der Waals surface area contributed by atoms with Gasteiger partial charge >= 0.3 is 5.97 Å². The topological polar surface area (TPSA) is 75.8 Å². The summed E-state index contributed by atoms with van der Waals surface area (Å²) < 4.78 is 5.30. The highest BCUT2D eigenvalue weighted by Gasteiger charge is 2.13. The maximum absolute atomic E-state index is 10.7. The van der Waals surface area contributed by atoms with Gasteiger partial charge in [0.15, 0.2) is 0 Å². The van der Waals surface area contributed by atoms with Crippen LogP contribution in [0.4, 0.5) is 5.69 Å². The molecule has 3 N–H and O–H groups in total. The Labute approximate surface area is 106 Å². The molecule has 0 radical (unpaired) electrons. The van der Waals surface area contributed by atoms with Crippen molar-refractivity contribution in [2.45, 2.75) is 12.5 Å². The van der Waals surface area contributed by atoms with Gasteiger partial charge in [0, 0.05) is 18.8 Å². The number of morpholine rings is 1. The number of anilines is 1. The van der Waals surface area contributed by atoms with Gasteiger partial charge in [-0.15, -0.1) is 0 Å². The summed E-state index contributed by atoms with van der Waals surface area (Å²) in [5, 5.41) is 8.75. The SMILES string of the molecule is N[C@H](Cc1ccc(N2CCOCC2)cc1)C(=O)O. The largest absolute Gasteiger partial charge is 0.480 e. The van der Waals surface area contributed by atoms with E-state index >= 15 is 0 Å². The standard InChI is InChI=1S/C13H18N2O3/c14-12(13(16)17)9-10-1-3-11(4-2-10)15-5-7-18-8-6-15/h1-4,12H,5-9,14H2,(H,16,17)/t12-/m1/s1. The van der Waals surface area contributed by atoms with Crippen molar-refractivity contribution in [1.82, 2.24) is 0 Å². The summed E-state index contributed by atoms with van der Waals surface area (Å²) in [7, 11) is 0. The van der Waals surface area contributed by atoms with E-state index in [0.29, 0.717) is 6.42 Å². The molecule has 0 bridgehead atoms. The van der Waals surface area contributed by atoms with Crippen molar-refractivity contribution in [1.29, 1.82) is 0 Å². The smallest absolute Gasteiger partial charge is 0.320 e. The average molecular weight is 250 g/mol. The normalized spacial score (nSPS) is 17.5. The van der Waals surface area contributed by atoms with E-state index in [-0.39, 0.29) is 0 Å². The van der Waals surface area contributed by atoms with E-state index < -0.39 is 12.0 Å². The quantitative estimate of drug-likeness (QED) is 0.812. The molecule has 0 amide bonds. The first-order valence-corrected chi connectivity index (χ1v) is 6.07. The lowest BCUT2D eigenvalue weighted by Crippen LogP contribution is -2.36. The van der Waals surface area contributed by atoms with Crippen LogP contribution in [-0.2, 0) is 16.0 Å². The fraction of sp³-hybridized carbons (Fsp3) is 0.462. The van der Waals surface area contributed by atoms with Crippen LogP contribution in [0.2, 0.25) is 0 Å². The van der Waals surface area contributed by atoms with Crippen LogP contribution in [0.3, 0.4) is 0 Å². The molecule has 18 heavy (non-hydrogen) atoms. The average Bonchev–Trinajstić information content (AvgIpc) is 2.40. The van der Waals surface area contributed by atoms with E-state index in [1.54, 1.807) is 0 Å². The Morgan fingerprint density at radius 1 is 1.33 bits per heavy atom. The van der Waals surface area contributed by atoms with Crippen LogP contribution in [0.25, 0.3) is 0 Å². The first-order valence-electron chi connectivity index (χ1n) is 6.07. The van der Waals surface area contributed by atoms with Crippen molar-refractivity contribution in [2.24, 2.45) is 5.73 Å². The third-order valence-corrected chi connectivity index (χ3v) is 3.09. The minimum atomic E-state index is -0.966. The molecule has 2 rings (SSSR count). The summed E-state index contributed by atoms with van der Waals surface area (Å²) in [5.41, 5.74) is 7.59. The number of hydrogen-bond donors (Lipinski definition) is 2. The maximum atomic E-state index is 10.7. The van der Waals surface area contributed by atoms with Crippen LogP contribution in [0.1, 0.15) is 5.56 Å². The van der Waals surface area contributed by atoms with E-state index in [1.807, 2.05) is 24.3 Å². The van der Waals surface area contributed by atoms with Crippen LogP contribution >= 0.6 is 0 Å². The number of rotatable bonds is 4. The number of nitrogens with two attached hydrogens (primary N) is 1. The molecule has 1 aliphatic rings. The Bertz CT molecular complexity index is 399. The minimum Gasteiger partial charge on any atom is -0.480 e. The fourth-order valence-corrected chi connectivity index (χ4v) is 2.01. The summed E-state index contributed by atoms with van der Waals surface area (Å²) in [6.45, 7) is 3.30. The molecule has 1 aliphatic heterocycles. The van der Waals surface area contributed by atoms with Gasteiger partial charge in [0.2, 0.25) is 0 Å². The second kappa shape index (κ2) is 5.84. The van der Waals surface area contributed by atoms with E-state index in [2.05, 4.69) is 4.90 Å². The van der Waals surface area contributed by atoms with Crippen LogP contribution in [-0.4, -0.2) is 43.4 Å². The molecule has 1 fully saturated rings. The third-order valence-electron chi connectivity index (χ3n) is 3.09. The molecule has 1 aromatic carbocycles. The van der Waals surface area contributed by atoms with E-state index in [0.717, 1.165) is 37.6 Å². The van der Waals surface area contributed by atoms with Crippen LogP contribution in [0.5, 0.6) is 0 Å². The Kier molecular flexibility index (Phi) is 4.17. The molecule has 98 valence electrons. The highest BCUT2D eigenvalue weighted by Crippen LogP contribution is 2.17. The van der Waals surface area contributed by atoms with E-state index in [1.165, 1.54) is 0 Å². The molecule has 0 unspecified atom stereocenters. The van der Waals surface area contributed by atoms with Gasteiger partial charge in [0.05, 0.1) is 13.2 Å². The molecule has 1 saturated heterocycles. The molecular formula is C13H18N2O3. The molecule has 0 aromatic heterocycles. The summed E-state index contributed by atoms with van der Waals surface area (Å²) in [6.07, 6.45) is 0.360. The number of ether oxygens (including phenoxy) is 1. The molecule has 0 spiro atoms. The van der Waals surface area contributed by atoms with Gasteiger partial charge < -0.3 is 20.5 Å². The Balaban J connectivity index is 1.98. The van der Waals surface area contributed by atoms with Crippen LogP contribution in [0, 0.1) is 0 Å². The number of nitrogens with zero attached hydrogens (tertiary/aromatic N) is 1. The van der Waals surface area contributed by atoms with Gasteiger partial charge in [-0.2, -0.15) is 0 Å². The zero-order chi connectivity index (χ0) is 13.0. The summed E-state index contributed by atoms with van der Waals surface area (Å²) in [4.78, 5) is 12.9. The molecule has 0 aliphatic carbocycles. The van der Waals surface area contributed by atoms with Crippen molar-refractivity contribution in [2.75, 3.05) is 31.2 Å².